The van der Waals surface area contributed by atoms with Gasteiger partial charge in [-0.15, -0.1) is 0 Å². The number of aliphatic carboxylic acids is 1. The van der Waals surface area contributed by atoms with Gasteiger partial charge in [-0.1, -0.05) is 54.1 Å². The lowest BCUT2D eigenvalue weighted by Gasteiger charge is -2.35. The molecule has 1 heterocycles. The van der Waals surface area contributed by atoms with E-state index in [0.29, 0.717) is 17.1 Å². The van der Waals surface area contributed by atoms with E-state index in [1.54, 1.807) is 49.4 Å². The number of anilines is 1. The van der Waals surface area contributed by atoms with E-state index in [4.69, 9.17) is 0 Å². The lowest BCUT2D eigenvalue weighted by atomic mass is 9.69. The fourth-order valence-corrected chi connectivity index (χ4v) is 4.23. The molecule has 10 heteroatoms. The average molecular weight is 505 g/mol. The van der Waals surface area contributed by atoms with Crippen molar-refractivity contribution in [2.24, 2.45) is 11.3 Å². The molecule has 1 aliphatic heterocycles. The minimum Gasteiger partial charge on any atom is -0.481 e. The number of amides is 5. The molecule has 1 aliphatic carbocycles. The van der Waals surface area contributed by atoms with Crippen LogP contribution in [0.2, 0.25) is 0 Å². The van der Waals surface area contributed by atoms with Gasteiger partial charge >= 0.3 is 18.0 Å². The molecule has 0 bridgehead atoms. The molecule has 9 nitrogen and oxygen atoms in total. The second-order valence-electron chi connectivity index (χ2n) is 8.14. The molecular formula is C22H25BrN4O5. The van der Waals surface area contributed by atoms with E-state index in [0.717, 1.165) is 4.47 Å². The highest BCUT2D eigenvalue weighted by molar-refractivity contribution is 9.10. The Morgan fingerprint density at radius 3 is 2.50 bits per heavy atom. The maximum absolute atomic E-state index is 13.1. The number of halogens is 1. The van der Waals surface area contributed by atoms with Crippen molar-refractivity contribution < 1.29 is 24.3 Å². The van der Waals surface area contributed by atoms with Crippen LogP contribution in [0.25, 0.3) is 0 Å². The number of imide groups is 1. The molecule has 4 N–H and O–H groups in total. The van der Waals surface area contributed by atoms with E-state index in [1.165, 1.54) is 0 Å². The first-order valence-corrected chi connectivity index (χ1v) is 11.0. The van der Waals surface area contributed by atoms with Gasteiger partial charge in [-0.05, 0) is 43.5 Å². The van der Waals surface area contributed by atoms with Gasteiger partial charge in [0, 0.05) is 15.6 Å². The summed E-state index contributed by atoms with van der Waals surface area (Å²) in [6.45, 7) is 3.58. The van der Waals surface area contributed by atoms with Crippen LogP contribution in [0.5, 0.6) is 0 Å². The summed E-state index contributed by atoms with van der Waals surface area (Å²) in [4.78, 5) is 49.7. The van der Waals surface area contributed by atoms with Gasteiger partial charge in [0.25, 0.3) is 5.91 Å². The van der Waals surface area contributed by atoms with E-state index >= 15 is 0 Å². The average Bonchev–Trinajstić information content (AvgIpc) is 2.99. The van der Waals surface area contributed by atoms with Crippen LogP contribution in [-0.2, 0) is 9.59 Å². The number of allylic oxidation sites excluding steroid dienone is 3. The van der Waals surface area contributed by atoms with E-state index < -0.39 is 40.8 Å². The molecule has 5 amide bonds. The van der Waals surface area contributed by atoms with Crippen LogP contribution in [-0.4, -0.2) is 39.6 Å². The zero-order chi connectivity index (χ0) is 23.5. The highest BCUT2D eigenvalue weighted by Crippen LogP contribution is 2.41. The number of carboxylic acids is 1. The molecule has 2 aliphatic rings. The van der Waals surface area contributed by atoms with Crippen molar-refractivity contribution >= 4 is 45.6 Å². The zero-order valence-electron chi connectivity index (χ0n) is 17.7. The predicted octanol–water partition coefficient (Wildman–Crippen LogP) is 3.80. The largest absolute Gasteiger partial charge is 0.481 e. The monoisotopic (exact) mass is 504 g/mol. The molecule has 3 rings (SSSR count). The maximum atomic E-state index is 13.1. The number of nitrogens with zero attached hydrogens (tertiary/aromatic N) is 1. The SMILES string of the molecule is CCC1(CCC2(C)C=CC=CC2C(=O)O)NC(=O)N(NC(=O)Nc2ccc(Br)cc2)C1=O. The molecule has 0 saturated carbocycles. The fourth-order valence-electron chi connectivity index (χ4n) is 3.96. The lowest BCUT2D eigenvalue weighted by Crippen LogP contribution is -2.51. The summed E-state index contributed by atoms with van der Waals surface area (Å²) in [6, 6.07) is 5.34. The molecule has 3 atom stereocenters. The number of rotatable bonds is 7. The third-order valence-corrected chi connectivity index (χ3v) is 6.57. The van der Waals surface area contributed by atoms with Crippen molar-refractivity contribution in [1.82, 2.24) is 15.8 Å². The van der Waals surface area contributed by atoms with Crippen molar-refractivity contribution in [2.75, 3.05) is 5.32 Å². The van der Waals surface area contributed by atoms with E-state index in [9.17, 15) is 24.3 Å². The molecule has 1 saturated heterocycles. The number of nitrogens with one attached hydrogen (secondary N) is 3. The molecular weight excluding hydrogens is 480 g/mol. The molecule has 0 spiro atoms. The first-order chi connectivity index (χ1) is 15.1. The van der Waals surface area contributed by atoms with Crippen LogP contribution in [0.4, 0.5) is 15.3 Å². The number of hydrogen-bond acceptors (Lipinski definition) is 4. The zero-order valence-corrected chi connectivity index (χ0v) is 19.3. The molecule has 32 heavy (non-hydrogen) atoms. The van der Waals surface area contributed by atoms with Gasteiger partial charge in [-0.2, -0.15) is 5.01 Å². The Labute approximate surface area is 194 Å². The van der Waals surface area contributed by atoms with Gasteiger partial charge in [-0.3, -0.25) is 9.59 Å². The van der Waals surface area contributed by atoms with Crippen LogP contribution in [0, 0.1) is 11.3 Å². The summed E-state index contributed by atoms with van der Waals surface area (Å²) < 4.78 is 0.840. The first-order valence-electron chi connectivity index (χ1n) is 10.2. The summed E-state index contributed by atoms with van der Waals surface area (Å²) in [5.41, 5.74) is 0.838. The number of urea groups is 2. The molecule has 170 valence electrons. The van der Waals surface area contributed by atoms with Gasteiger partial charge in [0.2, 0.25) is 0 Å². The molecule has 3 unspecified atom stereocenters. The second kappa shape index (κ2) is 9.15. The van der Waals surface area contributed by atoms with Crippen LogP contribution in [0.1, 0.15) is 33.1 Å². The van der Waals surface area contributed by atoms with Crippen molar-refractivity contribution in [3.8, 4) is 0 Å². The Morgan fingerprint density at radius 1 is 1.19 bits per heavy atom. The number of hydrazine groups is 1. The van der Waals surface area contributed by atoms with E-state index in [2.05, 4.69) is 32.0 Å². The molecule has 1 aromatic carbocycles. The lowest BCUT2D eigenvalue weighted by molar-refractivity contribution is -0.143. The summed E-state index contributed by atoms with van der Waals surface area (Å²) in [7, 11) is 0. The van der Waals surface area contributed by atoms with Gasteiger partial charge in [0.15, 0.2) is 0 Å². The quantitative estimate of drug-likeness (QED) is 0.419. The van der Waals surface area contributed by atoms with Crippen molar-refractivity contribution in [3.05, 3.63) is 53.0 Å². The summed E-state index contributed by atoms with van der Waals surface area (Å²) in [5.74, 6) is -2.27. The van der Waals surface area contributed by atoms with E-state index in [1.807, 2.05) is 13.0 Å². The number of hydrogen-bond donors (Lipinski definition) is 4. The number of carbonyl (C=O) groups is 4. The van der Waals surface area contributed by atoms with E-state index in [-0.39, 0.29) is 12.8 Å². The standard InChI is InChI=1S/C22H25BrN4O5/c1-3-22(13-12-21(2)11-5-4-6-16(21)17(28)29)18(30)27(20(32)25-22)26-19(31)24-15-9-7-14(23)8-10-15/h4-11,16H,3,12-13H2,1-2H3,(H,25,32)(H,28,29)(H2,24,26,31). The second-order valence-corrected chi connectivity index (χ2v) is 9.06. The number of carbonyl (C=O) groups excluding carboxylic acids is 3. The number of benzene rings is 1. The Balaban J connectivity index is 1.69. The highest BCUT2D eigenvalue weighted by atomic mass is 79.9. The normalized spacial score (nSPS) is 26.7. The van der Waals surface area contributed by atoms with Gasteiger partial charge in [0.05, 0.1) is 5.92 Å². The van der Waals surface area contributed by atoms with Crippen LogP contribution < -0.4 is 16.1 Å². The summed E-state index contributed by atoms with van der Waals surface area (Å²) in [6.07, 6.45) is 7.77. The Morgan fingerprint density at radius 2 is 1.88 bits per heavy atom. The van der Waals surface area contributed by atoms with Crippen molar-refractivity contribution in [3.63, 3.8) is 0 Å². The maximum Gasteiger partial charge on any atom is 0.344 e. The Bertz CT molecular complexity index is 993. The minimum absolute atomic E-state index is 0.221. The van der Waals surface area contributed by atoms with Gasteiger partial charge in [0.1, 0.15) is 5.54 Å². The Hall–Kier alpha value is -3.14. The summed E-state index contributed by atoms with van der Waals surface area (Å²) >= 11 is 3.30. The van der Waals surface area contributed by atoms with Gasteiger partial charge in [-0.25, -0.2) is 15.0 Å². The molecule has 0 radical (unpaired) electrons. The van der Waals surface area contributed by atoms with Crippen LogP contribution in [0.3, 0.4) is 0 Å². The Kier molecular flexibility index (Phi) is 6.73. The predicted molar refractivity (Wildman–Crippen MR) is 121 cm³/mol. The fraction of sp³-hybridized carbons (Fsp3) is 0.364. The van der Waals surface area contributed by atoms with Crippen molar-refractivity contribution in [1.29, 1.82) is 0 Å². The number of carboxylic acid groups (broad SMARTS) is 1. The molecule has 0 aromatic heterocycles. The van der Waals surface area contributed by atoms with Crippen LogP contribution >= 0.6 is 15.9 Å². The highest BCUT2D eigenvalue weighted by Gasteiger charge is 2.52. The summed E-state index contributed by atoms with van der Waals surface area (Å²) in [5, 5.41) is 15.5. The molecule has 1 aromatic rings. The third-order valence-electron chi connectivity index (χ3n) is 6.04. The topological polar surface area (TPSA) is 128 Å². The minimum atomic E-state index is -1.23. The van der Waals surface area contributed by atoms with Gasteiger partial charge < -0.3 is 15.7 Å². The molecule has 1 fully saturated rings. The van der Waals surface area contributed by atoms with Crippen molar-refractivity contribution in [2.45, 2.75) is 38.6 Å². The first kappa shape index (κ1) is 23.5. The van der Waals surface area contributed by atoms with Crippen LogP contribution in [0.15, 0.2) is 53.0 Å². The smallest absolute Gasteiger partial charge is 0.344 e. The third kappa shape index (κ3) is 4.69.